The van der Waals surface area contributed by atoms with Gasteiger partial charge < -0.3 is 23.8 Å². The van der Waals surface area contributed by atoms with Crippen molar-refractivity contribution in [2.24, 2.45) is 0 Å². The molecule has 0 heterocycles. The van der Waals surface area contributed by atoms with Crippen LogP contribution in [0, 0.1) is 0 Å². The Morgan fingerprint density at radius 1 is 1.00 bits per heavy atom. The smallest absolute Gasteiger partial charge is 0.330 e. The molecule has 27 heavy (non-hydrogen) atoms. The zero-order valence-corrected chi connectivity index (χ0v) is 17.6. The lowest BCUT2D eigenvalue weighted by molar-refractivity contribution is -0.151. The highest BCUT2D eigenvalue weighted by molar-refractivity contribution is 5.81. The third-order valence-electron chi connectivity index (χ3n) is 3.78. The maximum absolute atomic E-state index is 11.8. The maximum atomic E-state index is 11.8. The molecule has 0 N–H and O–H groups in total. The molecule has 0 rings (SSSR count). The molecule has 158 valence electrons. The van der Waals surface area contributed by atoms with Crippen LogP contribution in [0.2, 0.25) is 0 Å². The summed E-state index contributed by atoms with van der Waals surface area (Å²) in [5.41, 5.74) is 0. The van der Waals surface area contributed by atoms with Gasteiger partial charge in [0.05, 0.1) is 31.8 Å². The van der Waals surface area contributed by atoms with Gasteiger partial charge in [0, 0.05) is 12.6 Å². The van der Waals surface area contributed by atoms with Crippen LogP contribution in [-0.4, -0.2) is 75.1 Å². The van der Waals surface area contributed by atoms with Gasteiger partial charge in [-0.2, -0.15) is 0 Å². The van der Waals surface area contributed by atoms with E-state index >= 15 is 0 Å². The van der Waals surface area contributed by atoms with Crippen molar-refractivity contribution < 1.29 is 28.5 Å². The first-order chi connectivity index (χ1) is 12.8. The van der Waals surface area contributed by atoms with Gasteiger partial charge in [-0.05, 0) is 40.8 Å². The van der Waals surface area contributed by atoms with Crippen molar-refractivity contribution in [1.82, 2.24) is 4.90 Å². The summed E-state index contributed by atoms with van der Waals surface area (Å²) >= 11 is 0. The Hall–Kier alpha value is -1.44. The average molecular weight is 388 g/mol. The first kappa shape index (κ1) is 25.6. The minimum atomic E-state index is -0.470. The standard InChI is InChI=1S/C20H37NO6/c1-7-9-11-21(6)12-10-20(23)26-14-17(4)24-13-16(3)25-15-18(5)27-19(22)8-2/h8,16-18H,2,7,9-15H2,1,3-6H3. The molecule has 7 nitrogen and oxygen atoms in total. The van der Waals surface area contributed by atoms with Crippen LogP contribution in [0.25, 0.3) is 0 Å². The fourth-order valence-corrected chi connectivity index (χ4v) is 2.08. The zero-order chi connectivity index (χ0) is 20.7. The van der Waals surface area contributed by atoms with Gasteiger partial charge in [-0.25, -0.2) is 4.79 Å². The van der Waals surface area contributed by atoms with E-state index in [0.29, 0.717) is 19.6 Å². The first-order valence-corrected chi connectivity index (χ1v) is 9.68. The van der Waals surface area contributed by atoms with Crippen LogP contribution in [0.4, 0.5) is 0 Å². The summed E-state index contributed by atoms with van der Waals surface area (Å²) in [5.74, 6) is -0.682. The quantitative estimate of drug-likeness (QED) is 0.298. The summed E-state index contributed by atoms with van der Waals surface area (Å²) in [7, 11) is 2.01. The molecule has 0 amide bonds. The van der Waals surface area contributed by atoms with E-state index in [1.807, 2.05) is 20.9 Å². The van der Waals surface area contributed by atoms with Gasteiger partial charge in [0.25, 0.3) is 0 Å². The molecule has 0 bridgehead atoms. The lowest BCUT2D eigenvalue weighted by Gasteiger charge is -2.20. The number of rotatable bonds is 16. The molecule has 0 saturated carbocycles. The molecule has 0 saturated heterocycles. The SMILES string of the molecule is C=CC(=O)OC(C)COC(C)COC(C)COC(=O)CCN(C)CCCC. The molecule has 0 aromatic carbocycles. The van der Waals surface area contributed by atoms with Crippen LogP contribution in [0.15, 0.2) is 12.7 Å². The Bertz CT molecular complexity index is 429. The monoisotopic (exact) mass is 387 g/mol. The molecule has 0 aliphatic heterocycles. The minimum Gasteiger partial charge on any atom is -0.463 e. The van der Waals surface area contributed by atoms with Gasteiger partial charge in [0.2, 0.25) is 0 Å². The van der Waals surface area contributed by atoms with Crippen molar-refractivity contribution in [1.29, 1.82) is 0 Å². The fourth-order valence-electron chi connectivity index (χ4n) is 2.08. The predicted octanol–water partition coefficient (Wildman–Crippen LogP) is 2.58. The Balaban J connectivity index is 3.79. The Morgan fingerprint density at radius 3 is 2.19 bits per heavy atom. The first-order valence-electron chi connectivity index (χ1n) is 9.68. The molecule has 0 aromatic rings. The summed E-state index contributed by atoms with van der Waals surface area (Å²) in [5, 5.41) is 0. The molecular formula is C20H37NO6. The molecular weight excluding hydrogens is 350 g/mol. The van der Waals surface area contributed by atoms with Crippen LogP contribution in [0.1, 0.15) is 47.0 Å². The third-order valence-corrected chi connectivity index (χ3v) is 3.78. The van der Waals surface area contributed by atoms with Gasteiger partial charge in [-0.1, -0.05) is 19.9 Å². The minimum absolute atomic E-state index is 0.166. The van der Waals surface area contributed by atoms with Crippen LogP contribution < -0.4 is 0 Å². The van der Waals surface area contributed by atoms with E-state index in [4.69, 9.17) is 18.9 Å². The van der Waals surface area contributed by atoms with Crippen molar-refractivity contribution in [2.45, 2.75) is 65.3 Å². The maximum Gasteiger partial charge on any atom is 0.330 e. The van der Waals surface area contributed by atoms with E-state index in [1.165, 1.54) is 0 Å². The normalized spacial score (nSPS) is 14.4. The van der Waals surface area contributed by atoms with Gasteiger partial charge in [-0.15, -0.1) is 0 Å². The molecule has 0 aliphatic carbocycles. The van der Waals surface area contributed by atoms with E-state index in [1.54, 1.807) is 6.92 Å². The van der Waals surface area contributed by atoms with E-state index < -0.39 is 5.97 Å². The van der Waals surface area contributed by atoms with Crippen molar-refractivity contribution >= 4 is 11.9 Å². The summed E-state index contributed by atoms with van der Waals surface area (Å²) < 4.78 is 21.5. The predicted molar refractivity (Wildman–Crippen MR) is 105 cm³/mol. The molecule has 3 atom stereocenters. The van der Waals surface area contributed by atoms with Crippen molar-refractivity contribution in [3.05, 3.63) is 12.7 Å². The van der Waals surface area contributed by atoms with E-state index in [9.17, 15) is 9.59 Å². The van der Waals surface area contributed by atoms with E-state index in [2.05, 4.69) is 18.4 Å². The van der Waals surface area contributed by atoms with Gasteiger partial charge in [0.15, 0.2) is 0 Å². The fraction of sp³-hybridized carbons (Fsp3) is 0.800. The largest absolute Gasteiger partial charge is 0.463 e. The van der Waals surface area contributed by atoms with Crippen molar-refractivity contribution in [3.63, 3.8) is 0 Å². The number of esters is 2. The second-order valence-corrected chi connectivity index (χ2v) is 6.83. The number of unbranched alkanes of at least 4 members (excludes halogenated alkanes) is 1. The number of ether oxygens (including phenoxy) is 4. The zero-order valence-electron chi connectivity index (χ0n) is 17.6. The number of carbonyl (C=O) groups is 2. The van der Waals surface area contributed by atoms with E-state index in [0.717, 1.165) is 25.5 Å². The second kappa shape index (κ2) is 15.6. The number of nitrogens with zero attached hydrogens (tertiary/aromatic N) is 1. The van der Waals surface area contributed by atoms with Crippen LogP contribution in [-0.2, 0) is 28.5 Å². The van der Waals surface area contributed by atoms with Crippen molar-refractivity contribution in [3.8, 4) is 0 Å². The molecule has 7 heteroatoms. The van der Waals surface area contributed by atoms with Gasteiger partial charge in [-0.3, -0.25) is 4.79 Å². The van der Waals surface area contributed by atoms with Crippen molar-refractivity contribution in [2.75, 3.05) is 40.0 Å². The Kier molecular flexibility index (Phi) is 14.8. The summed E-state index contributed by atoms with van der Waals surface area (Å²) in [6.45, 7) is 13.5. The summed E-state index contributed by atoms with van der Waals surface area (Å²) in [4.78, 5) is 25.0. The summed E-state index contributed by atoms with van der Waals surface area (Å²) in [6, 6.07) is 0. The molecule has 0 aliphatic rings. The number of hydrogen-bond acceptors (Lipinski definition) is 7. The molecule has 0 spiro atoms. The third kappa shape index (κ3) is 15.3. The van der Waals surface area contributed by atoms with Crippen LogP contribution in [0.3, 0.4) is 0 Å². The average Bonchev–Trinajstić information content (AvgIpc) is 2.65. The molecule has 0 aromatic heterocycles. The highest BCUT2D eigenvalue weighted by Gasteiger charge is 2.13. The summed E-state index contributed by atoms with van der Waals surface area (Å²) in [6.07, 6.45) is 3.04. The van der Waals surface area contributed by atoms with Crippen LogP contribution in [0.5, 0.6) is 0 Å². The molecule has 0 radical (unpaired) electrons. The highest BCUT2D eigenvalue weighted by Crippen LogP contribution is 2.02. The Labute approximate surface area is 164 Å². The number of carbonyl (C=O) groups excluding carboxylic acids is 2. The lowest BCUT2D eigenvalue weighted by atomic mass is 10.3. The molecule has 3 unspecified atom stereocenters. The second-order valence-electron chi connectivity index (χ2n) is 6.83. The van der Waals surface area contributed by atoms with Crippen LogP contribution >= 0.6 is 0 Å². The Morgan fingerprint density at radius 2 is 1.59 bits per heavy atom. The topological polar surface area (TPSA) is 74.3 Å². The number of hydrogen-bond donors (Lipinski definition) is 0. The van der Waals surface area contributed by atoms with Gasteiger partial charge in [0.1, 0.15) is 12.7 Å². The molecule has 0 fully saturated rings. The lowest BCUT2D eigenvalue weighted by Crippen LogP contribution is -2.28. The van der Waals surface area contributed by atoms with E-state index in [-0.39, 0.29) is 37.5 Å². The van der Waals surface area contributed by atoms with Gasteiger partial charge >= 0.3 is 11.9 Å². The highest BCUT2D eigenvalue weighted by atomic mass is 16.6.